The molecule has 6 nitrogen and oxygen atoms in total. The van der Waals surface area contributed by atoms with Gasteiger partial charge < -0.3 is 10.6 Å². The van der Waals surface area contributed by atoms with Gasteiger partial charge in [0.15, 0.2) is 0 Å². The number of carbonyl (C=O) groups is 1. The van der Waals surface area contributed by atoms with E-state index < -0.39 is 10.0 Å². The summed E-state index contributed by atoms with van der Waals surface area (Å²) in [7, 11) is -3.34. The number of thiophene rings is 1. The number of likely N-dealkylation sites (tertiary alicyclic amines) is 1. The minimum Gasteiger partial charge on any atom is -0.369 e. The Hall–Kier alpha value is -0.960. The molecule has 0 bridgehead atoms. The zero-order valence-electron chi connectivity index (χ0n) is 15.7. The number of hydrogen-bond acceptors (Lipinski definition) is 5. The van der Waals surface area contributed by atoms with Crippen molar-refractivity contribution in [2.75, 3.05) is 26.2 Å². The van der Waals surface area contributed by atoms with E-state index in [0.29, 0.717) is 29.3 Å². The predicted molar refractivity (Wildman–Crippen MR) is 106 cm³/mol. The van der Waals surface area contributed by atoms with Crippen molar-refractivity contribution in [1.29, 1.82) is 0 Å². The van der Waals surface area contributed by atoms with Gasteiger partial charge in [-0.1, -0.05) is 18.9 Å². The maximum Gasteiger partial charge on any atom is 0.252 e. The van der Waals surface area contributed by atoms with Gasteiger partial charge in [-0.15, -0.1) is 11.3 Å². The number of rotatable bonds is 6. The van der Waals surface area contributed by atoms with Crippen LogP contribution in [0.4, 0.5) is 0 Å². The molecule has 1 aromatic rings. The summed E-state index contributed by atoms with van der Waals surface area (Å²) >= 11 is 1.28. The van der Waals surface area contributed by atoms with E-state index in [0.717, 1.165) is 45.2 Å². The van der Waals surface area contributed by atoms with E-state index in [-0.39, 0.29) is 11.3 Å². The summed E-state index contributed by atoms with van der Waals surface area (Å²) in [4.78, 5) is 14.6. The van der Waals surface area contributed by atoms with Crippen LogP contribution in [0.2, 0.25) is 0 Å². The molecule has 2 N–H and O–H groups in total. The standard InChI is InChI=1S/C19H29N3O3S2/c20-18(23)19(14-15-3-4-15)7-11-21(12-8-19)16-5-9-22(10-6-16)27(24,25)17-2-1-13-26-17/h1-2,13,15-16H,3-12,14H2,(H2,20,23). The molecule has 2 saturated heterocycles. The van der Waals surface area contributed by atoms with E-state index in [1.165, 1.54) is 24.2 Å². The second-order valence-electron chi connectivity index (χ2n) is 8.40. The molecule has 3 aliphatic rings. The molecule has 1 saturated carbocycles. The summed E-state index contributed by atoms with van der Waals surface area (Å²) < 4.78 is 27.4. The zero-order valence-corrected chi connectivity index (χ0v) is 17.3. The second kappa shape index (κ2) is 7.46. The number of amides is 1. The molecular weight excluding hydrogens is 382 g/mol. The summed E-state index contributed by atoms with van der Waals surface area (Å²) in [5.74, 6) is 0.584. The third-order valence-electron chi connectivity index (χ3n) is 6.68. The van der Waals surface area contributed by atoms with Crippen LogP contribution in [0, 0.1) is 11.3 Å². The first kappa shape index (κ1) is 19.4. The molecule has 0 radical (unpaired) electrons. The molecule has 27 heavy (non-hydrogen) atoms. The lowest BCUT2D eigenvalue weighted by Gasteiger charge is -2.45. The molecule has 3 fully saturated rings. The van der Waals surface area contributed by atoms with Crippen LogP contribution in [0.15, 0.2) is 21.7 Å². The molecule has 4 rings (SSSR count). The van der Waals surface area contributed by atoms with Crippen molar-refractivity contribution in [1.82, 2.24) is 9.21 Å². The Labute approximate surface area is 165 Å². The summed E-state index contributed by atoms with van der Waals surface area (Å²) in [6, 6.07) is 3.87. The third-order valence-corrected chi connectivity index (χ3v) is 9.95. The van der Waals surface area contributed by atoms with Crippen molar-refractivity contribution in [3.05, 3.63) is 17.5 Å². The summed E-state index contributed by atoms with van der Waals surface area (Å²) in [5.41, 5.74) is 5.48. The molecule has 8 heteroatoms. The molecular formula is C19H29N3O3S2. The van der Waals surface area contributed by atoms with Crippen molar-refractivity contribution in [2.24, 2.45) is 17.1 Å². The van der Waals surface area contributed by atoms with Crippen LogP contribution < -0.4 is 5.73 Å². The van der Waals surface area contributed by atoms with Crippen LogP contribution in [0.5, 0.6) is 0 Å². The molecule has 150 valence electrons. The molecule has 2 aliphatic heterocycles. The first-order chi connectivity index (χ1) is 12.9. The van der Waals surface area contributed by atoms with Gasteiger partial charge >= 0.3 is 0 Å². The molecule has 0 unspecified atom stereocenters. The van der Waals surface area contributed by atoms with Crippen LogP contribution in [-0.4, -0.2) is 55.8 Å². The first-order valence-electron chi connectivity index (χ1n) is 9.98. The van der Waals surface area contributed by atoms with Gasteiger partial charge in [0.25, 0.3) is 10.0 Å². The van der Waals surface area contributed by atoms with Crippen molar-refractivity contribution >= 4 is 27.3 Å². The van der Waals surface area contributed by atoms with Gasteiger partial charge in [-0.2, -0.15) is 4.31 Å². The number of piperidine rings is 2. The van der Waals surface area contributed by atoms with Crippen molar-refractivity contribution in [3.63, 3.8) is 0 Å². The Kier molecular flexibility index (Phi) is 5.35. The Balaban J connectivity index is 1.32. The Morgan fingerprint density at radius 3 is 2.33 bits per heavy atom. The zero-order chi connectivity index (χ0) is 19.1. The average Bonchev–Trinajstić information content (AvgIpc) is 3.29. The van der Waals surface area contributed by atoms with Crippen LogP contribution >= 0.6 is 11.3 Å². The van der Waals surface area contributed by atoms with Gasteiger partial charge in [0, 0.05) is 19.1 Å². The van der Waals surface area contributed by atoms with Crippen LogP contribution in [0.1, 0.15) is 44.9 Å². The van der Waals surface area contributed by atoms with Crippen LogP contribution in [0.25, 0.3) is 0 Å². The van der Waals surface area contributed by atoms with Crippen LogP contribution in [0.3, 0.4) is 0 Å². The van der Waals surface area contributed by atoms with Gasteiger partial charge in [0.05, 0.1) is 5.41 Å². The molecule has 1 amide bonds. The lowest BCUT2D eigenvalue weighted by atomic mass is 9.73. The second-order valence-corrected chi connectivity index (χ2v) is 11.5. The number of primary amides is 1. The fourth-order valence-electron chi connectivity index (χ4n) is 4.73. The fourth-order valence-corrected chi connectivity index (χ4v) is 7.34. The lowest BCUT2D eigenvalue weighted by Crippen LogP contribution is -2.53. The van der Waals surface area contributed by atoms with E-state index in [2.05, 4.69) is 4.90 Å². The molecule has 3 heterocycles. The predicted octanol–water partition coefficient (Wildman–Crippen LogP) is 2.27. The average molecular weight is 412 g/mol. The van der Waals surface area contributed by atoms with Gasteiger partial charge in [-0.25, -0.2) is 8.42 Å². The fraction of sp³-hybridized carbons (Fsp3) is 0.737. The quantitative estimate of drug-likeness (QED) is 0.778. The number of nitrogens with zero attached hydrogens (tertiary/aromatic N) is 2. The van der Waals surface area contributed by atoms with E-state index in [4.69, 9.17) is 5.73 Å². The van der Waals surface area contributed by atoms with Gasteiger partial charge in [0.2, 0.25) is 5.91 Å². The van der Waals surface area contributed by atoms with Gasteiger partial charge in [-0.3, -0.25) is 4.79 Å². The number of hydrogen-bond donors (Lipinski definition) is 1. The van der Waals surface area contributed by atoms with Crippen molar-refractivity contribution in [3.8, 4) is 0 Å². The highest BCUT2D eigenvalue weighted by Crippen LogP contribution is 2.46. The van der Waals surface area contributed by atoms with Crippen molar-refractivity contribution < 1.29 is 13.2 Å². The number of nitrogens with two attached hydrogens (primary N) is 1. The van der Waals surface area contributed by atoms with E-state index in [9.17, 15) is 13.2 Å². The van der Waals surface area contributed by atoms with E-state index >= 15 is 0 Å². The first-order valence-corrected chi connectivity index (χ1v) is 12.3. The third kappa shape index (κ3) is 3.95. The minimum absolute atomic E-state index is 0.120. The molecule has 0 atom stereocenters. The molecule has 1 aromatic heterocycles. The molecule has 1 aliphatic carbocycles. The lowest BCUT2D eigenvalue weighted by molar-refractivity contribution is -0.131. The molecule has 0 aromatic carbocycles. The Morgan fingerprint density at radius 2 is 1.81 bits per heavy atom. The maximum absolute atomic E-state index is 12.7. The highest BCUT2D eigenvalue weighted by atomic mass is 32.2. The summed E-state index contributed by atoms with van der Waals surface area (Å²) in [5, 5.41) is 1.81. The highest BCUT2D eigenvalue weighted by molar-refractivity contribution is 7.91. The van der Waals surface area contributed by atoms with Crippen LogP contribution in [-0.2, 0) is 14.8 Å². The number of sulfonamides is 1. The summed E-state index contributed by atoms with van der Waals surface area (Å²) in [6.07, 6.45) is 6.88. The van der Waals surface area contributed by atoms with Gasteiger partial charge in [0.1, 0.15) is 4.21 Å². The van der Waals surface area contributed by atoms with E-state index in [1.54, 1.807) is 21.8 Å². The monoisotopic (exact) mass is 411 g/mol. The molecule has 0 spiro atoms. The Morgan fingerprint density at radius 1 is 1.15 bits per heavy atom. The maximum atomic E-state index is 12.7. The minimum atomic E-state index is -3.34. The largest absolute Gasteiger partial charge is 0.369 e. The highest BCUT2D eigenvalue weighted by Gasteiger charge is 2.45. The topological polar surface area (TPSA) is 83.7 Å². The van der Waals surface area contributed by atoms with E-state index in [1.807, 2.05) is 0 Å². The van der Waals surface area contributed by atoms with Crippen molar-refractivity contribution in [2.45, 2.75) is 55.2 Å². The normalized spacial score (nSPS) is 25.5. The summed E-state index contributed by atoms with van der Waals surface area (Å²) in [6.45, 7) is 2.95. The SMILES string of the molecule is NC(=O)C1(CC2CC2)CCN(C2CCN(S(=O)(=O)c3cccs3)CC2)CC1. The Bertz CT molecular complexity index is 758. The smallest absolute Gasteiger partial charge is 0.252 e. The number of carbonyl (C=O) groups excluding carboxylic acids is 1. The van der Waals surface area contributed by atoms with Gasteiger partial charge in [-0.05, 0) is 62.6 Å².